The van der Waals surface area contributed by atoms with Gasteiger partial charge in [0.05, 0.1) is 16.1 Å². The van der Waals surface area contributed by atoms with Crippen LogP contribution in [0.3, 0.4) is 0 Å². The summed E-state index contributed by atoms with van der Waals surface area (Å²) < 4.78 is 2.16. The first-order valence-electron chi connectivity index (χ1n) is 6.09. The molecule has 0 amide bonds. The fraction of sp³-hybridized carbons (Fsp3) is 0.462. The molecule has 2 aromatic rings. The van der Waals surface area contributed by atoms with E-state index in [1.807, 2.05) is 18.2 Å². The number of fused-ring (bicyclic) bond motifs is 1. The Morgan fingerprint density at radius 2 is 2.12 bits per heavy atom. The molecule has 1 N–H and O–H groups in total. The highest BCUT2D eigenvalue weighted by molar-refractivity contribution is 6.35. The Balaban J connectivity index is 2.10. The van der Waals surface area contributed by atoms with Crippen molar-refractivity contribution in [2.45, 2.75) is 18.8 Å². The molecule has 4 heteroatoms. The van der Waals surface area contributed by atoms with Crippen LogP contribution in [0.25, 0.3) is 11.0 Å². The third-order valence-electron chi connectivity index (χ3n) is 3.58. The van der Waals surface area contributed by atoms with Crippen LogP contribution in [0.1, 0.15) is 24.6 Å². The van der Waals surface area contributed by atoms with Crippen LogP contribution < -0.4 is 5.32 Å². The highest BCUT2D eigenvalue weighted by Gasteiger charge is 2.21. The number of nitrogens with zero attached hydrogens (tertiary/aromatic N) is 2. The van der Waals surface area contributed by atoms with Crippen molar-refractivity contribution in [3.8, 4) is 0 Å². The number of nitrogens with one attached hydrogen (secondary N) is 1. The van der Waals surface area contributed by atoms with Gasteiger partial charge in [-0.25, -0.2) is 4.98 Å². The van der Waals surface area contributed by atoms with E-state index in [9.17, 15) is 0 Å². The fourth-order valence-electron chi connectivity index (χ4n) is 2.68. The van der Waals surface area contributed by atoms with Crippen molar-refractivity contribution in [1.82, 2.24) is 14.9 Å². The number of halogens is 1. The Morgan fingerprint density at radius 1 is 1.35 bits per heavy atom. The van der Waals surface area contributed by atoms with Crippen LogP contribution in [-0.2, 0) is 7.05 Å². The molecule has 1 fully saturated rings. The van der Waals surface area contributed by atoms with Crippen LogP contribution in [0.4, 0.5) is 0 Å². The zero-order valence-corrected chi connectivity index (χ0v) is 10.7. The van der Waals surface area contributed by atoms with Crippen LogP contribution in [0.5, 0.6) is 0 Å². The SMILES string of the molecule is Cn1c(C2CCNCC2)nc2cccc(Cl)c21. The third-order valence-corrected chi connectivity index (χ3v) is 3.89. The second-order valence-electron chi connectivity index (χ2n) is 4.66. The van der Waals surface area contributed by atoms with Crippen molar-refractivity contribution in [3.05, 3.63) is 29.0 Å². The Hall–Kier alpha value is -1.06. The molecule has 2 heterocycles. The minimum atomic E-state index is 0.560. The van der Waals surface area contributed by atoms with Crippen molar-refractivity contribution in [2.75, 3.05) is 13.1 Å². The minimum Gasteiger partial charge on any atom is -0.330 e. The molecule has 3 nitrogen and oxygen atoms in total. The lowest BCUT2D eigenvalue weighted by atomic mass is 9.97. The molecule has 3 rings (SSSR count). The van der Waals surface area contributed by atoms with Crippen LogP contribution >= 0.6 is 11.6 Å². The van der Waals surface area contributed by atoms with Gasteiger partial charge in [-0.05, 0) is 38.1 Å². The molecule has 90 valence electrons. The molecular weight excluding hydrogens is 234 g/mol. The van der Waals surface area contributed by atoms with E-state index < -0.39 is 0 Å². The van der Waals surface area contributed by atoms with E-state index in [0.717, 1.165) is 42.0 Å². The molecule has 1 aliphatic rings. The van der Waals surface area contributed by atoms with E-state index >= 15 is 0 Å². The maximum Gasteiger partial charge on any atom is 0.112 e. The van der Waals surface area contributed by atoms with Crippen molar-refractivity contribution in [2.24, 2.45) is 7.05 Å². The quantitative estimate of drug-likeness (QED) is 0.842. The monoisotopic (exact) mass is 249 g/mol. The second kappa shape index (κ2) is 4.31. The molecular formula is C13H16ClN3. The smallest absolute Gasteiger partial charge is 0.112 e. The minimum absolute atomic E-state index is 0.560. The van der Waals surface area contributed by atoms with Crippen molar-refractivity contribution < 1.29 is 0 Å². The van der Waals surface area contributed by atoms with Gasteiger partial charge >= 0.3 is 0 Å². The molecule has 0 atom stereocenters. The van der Waals surface area contributed by atoms with Crippen molar-refractivity contribution in [3.63, 3.8) is 0 Å². The van der Waals surface area contributed by atoms with Crippen LogP contribution in [0.15, 0.2) is 18.2 Å². The maximum absolute atomic E-state index is 6.24. The van der Waals surface area contributed by atoms with E-state index in [-0.39, 0.29) is 0 Å². The number of aromatic nitrogens is 2. The number of rotatable bonds is 1. The first kappa shape index (κ1) is 11.1. The van der Waals surface area contributed by atoms with Gasteiger partial charge in [-0.2, -0.15) is 0 Å². The lowest BCUT2D eigenvalue weighted by Crippen LogP contribution is -2.27. The summed E-state index contributed by atoms with van der Waals surface area (Å²) in [5, 5.41) is 4.18. The second-order valence-corrected chi connectivity index (χ2v) is 5.07. The predicted molar refractivity (Wildman–Crippen MR) is 70.6 cm³/mol. The third kappa shape index (κ3) is 1.83. The van der Waals surface area contributed by atoms with Gasteiger partial charge in [0.2, 0.25) is 0 Å². The molecule has 17 heavy (non-hydrogen) atoms. The molecule has 0 radical (unpaired) electrons. The largest absolute Gasteiger partial charge is 0.330 e. The number of hydrogen-bond acceptors (Lipinski definition) is 2. The van der Waals surface area contributed by atoms with E-state index in [1.165, 1.54) is 5.82 Å². The Bertz CT molecular complexity index is 541. The molecule has 0 unspecified atom stereocenters. The predicted octanol–water partition coefficient (Wildman–Crippen LogP) is 2.69. The topological polar surface area (TPSA) is 29.9 Å². The van der Waals surface area contributed by atoms with Crippen molar-refractivity contribution >= 4 is 22.6 Å². The Morgan fingerprint density at radius 3 is 2.82 bits per heavy atom. The first-order valence-corrected chi connectivity index (χ1v) is 6.46. The normalized spacial score (nSPS) is 17.8. The standard InChI is InChI=1S/C13H16ClN3/c1-17-12-10(14)3-2-4-11(12)16-13(17)9-5-7-15-8-6-9/h2-4,9,15H,5-8H2,1H3. The average molecular weight is 250 g/mol. The molecule has 1 aliphatic heterocycles. The Kier molecular flexibility index (Phi) is 2.81. The summed E-state index contributed by atoms with van der Waals surface area (Å²) in [4.78, 5) is 4.75. The number of para-hydroxylation sites is 1. The molecule has 1 saturated heterocycles. The molecule has 0 spiro atoms. The van der Waals surface area contributed by atoms with Gasteiger partial charge in [0.1, 0.15) is 5.82 Å². The van der Waals surface area contributed by atoms with Gasteiger partial charge in [0.15, 0.2) is 0 Å². The summed E-state index contributed by atoms with van der Waals surface area (Å²) in [6, 6.07) is 5.92. The van der Waals surface area contributed by atoms with Gasteiger partial charge in [-0.3, -0.25) is 0 Å². The summed E-state index contributed by atoms with van der Waals surface area (Å²) in [6.45, 7) is 2.17. The van der Waals surface area contributed by atoms with Gasteiger partial charge in [0.25, 0.3) is 0 Å². The zero-order chi connectivity index (χ0) is 11.8. The van der Waals surface area contributed by atoms with E-state index in [4.69, 9.17) is 16.6 Å². The van der Waals surface area contributed by atoms with Crippen LogP contribution in [0.2, 0.25) is 5.02 Å². The van der Waals surface area contributed by atoms with E-state index in [0.29, 0.717) is 5.92 Å². The summed E-state index contributed by atoms with van der Waals surface area (Å²) in [7, 11) is 2.07. The summed E-state index contributed by atoms with van der Waals surface area (Å²) in [5.41, 5.74) is 2.07. The van der Waals surface area contributed by atoms with Gasteiger partial charge in [0, 0.05) is 13.0 Å². The number of hydrogen-bond donors (Lipinski definition) is 1. The van der Waals surface area contributed by atoms with E-state index in [2.05, 4.69) is 16.9 Å². The first-order chi connectivity index (χ1) is 8.27. The van der Waals surface area contributed by atoms with Crippen LogP contribution in [0, 0.1) is 0 Å². The number of aryl methyl sites for hydroxylation is 1. The highest BCUT2D eigenvalue weighted by Crippen LogP contribution is 2.30. The number of piperidine rings is 1. The van der Waals surface area contributed by atoms with Gasteiger partial charge in [-0.15, -0.1) is 0 Å². The Labute approximate surface area is 106 Å². The van der Waals surface area contributed by atoms with E-state index in [1.54, 1.807) is 0 Å². The molecule has 1 aromatic carbocycles. The fourth-order valence-corrected chi connectivity index (χ4v) is 2.98. The number of imidazole rings is 1. The number of benzene rings is 1. The molecule has 0 saturated carbocycles. The zero-order valence-electron chi connectivity index (χ0n) is 9.91. The van der Waals surface area contributed by atoms with Crippen LogP contribution in [-0.4, -0.2) is 22.6 Å². The molecule has 0 bridgehead atoms. The van der Waals surface area contributed by atoms with Crippen molar-refractivity contribution in [1.29, 1.82) is 0 Å². The maximum atomic E-state index is 6.24. The average Bonchev–Trinajstić information content (AvgIpc) is 2.69. The highest BCUT2D eigenvalue weighted by atomic mass is 35.5. The molecule has 1 aromatic heterocycles. The lowest BCUT2D eigenvalue weighted by molar-refractivity contribution is 0.439. The summed E-state index contributed by atoms with van der Waals surface area (Å²) in [6.07, 6.45) is 2.32. The van der Waals surface area contributed by atoms with Gasteiger partial charge in [-0.1, -0.05) is 17.7 Å². The summed E-state index contributed by atoms with van der Waals surface area (Å²) in [5.74, 6) is 1.74. The molecule has 0 aliphatic carbocycles. The van der Waals surface area contributed by atoms with Gasteiger partial charge < -0.3 is 9.88 Å². The lowest BCUT2D eigenvalue weighted by Gasteiger charge is -2.22. The summed E-state index contributed by atoms with van der Waals surface area (Å²) >= 11 is 6.24.